The fraction of sp³-hybridized carbons (Fsp3) is 0.625. The molecule has 3 rings (SSSR count). The van der Waals surface area contributed by atoms with Gasteiger partial charge < -0.3 is 19.7 Å². The highest BCUT2D eigenvalue weighted by atomic mass is 16.5. The highest BCUT2D eigenvalue weighted by Crippen LogP contribution is 2.50. The molecule has 1 aromatic rings. The highest BCUT2D eigenvalue weighted by Gasteiger charge is 2.55. The molecule has 0 saturated heterocycles. The molecule has 7 nitrogen and oxygen atoms in total. The molecule has 0 radical (unpaired) electrons. The van der Waals surface area contributed by atoms with E-state index < -0.39 is 23.5 Å². The molecule has 1 saturated carbocycles. The number of rotatable bonds is 8. The first-order valence-corrected chi connectivity index (χ1v) is 11.1. The number of nitrogens with one attached hydrogen (secondary N) is 1. The summed E-state index contributed by atoms with van der Waals surface area (Å²) in [5.74, 6) is -1.05. The van der Waals surface area contributed by atoms with Gasteiger partial charge in [0.25, 0.3) is 5.91 Å². The van der Waals surface area contributed by atoms with Gasteiger partial charge in [0.15, 0.2) is 0 Å². The Kier molecular flexibility index (Phi) is 7.36. The molecular formula is C24H34N2O5. The summed E-state index contributed by atoms with van der Waals surface area (Å²) < 4.78 is 10.2. The van der Waals surface area contributed by atoms with Gasteiger partial charge in [-0.2, -0.15) is 0 Å². The normalized spacial score (nSPS) is 20.6. The standard InChI is InChI=1S/C24H34N2O5/c1-16(2)15-19(23(29)31-4)25-21(27)20-17-9-5-6-10-18(17)22(28)26(13-14-30-3)24(20)11-7-8-12-24/h5-6,9-10,16,19-20H,7-8,11-15H2,1-4H3,(H,25,27)/t19-,20-/m0/s1. The average molecular weight is 431 g/mol. The van der Waals surface area contributed by atoms with Crippen LogP contribution < -0.4 is 5.32 Å². The number of nitrogens with zero attached hydrogens (tertiary/aromatic N) is 1. The summed E-state index contributed by atoms with van der Waals surface area (Å²) >= 11 is 0. The van der Waals surface area contributed by atoms with Crippen molar-refractivity contribution in [2.75, 3.05) is 27.4 Å². The van der Waals surface area contributed by atoms with Crippen LogP contribution in [0.5, 0.6) is 0 Å². The lowest BCUT2D eigenvalue weighted by Gasteiger charge is -2.50. The number of carbonyl (C=O) groups is 3. The van der Waals surface area contributed by atoms with Crippen LogP contribution >= 0.6 is 0 Å². The molecule has 1 fully saturated rings. The molecule has 0 bridgehead atoms. The van der Waals surface area contributed by atoms with Gasteiger partial charge in [0, 0.05) is 19.2 Å². The van der Waals surface area contributed by atoms with Crippen LogP contribution in [-0.2, 0) is 19.1 Å². The first-order valence-electron chi connectivity index (χ1n) is 11.1. The predicted octanol–water partition coefficient (Wildman–Crippen LogP) is 2.89. The van der Waals surface area contributed by atoms with Gasteiger partial charge in [-0.3, -0.25) is 9.59 Å². The van der Waals surface area contributed by atoms with Gasteiger partial charge in [0.1, 0.15) is 6.04 Å². The van der Waals surface area contributed by atoms with Crippen molar-refractivity contribution in [3.63, 3.8) is 0 Å². The van der Waals surface area contributed by atoms with E-state index in [4.69, 9.17) is 9.47 Å². The van der Waals surface area contributed by atoms with Crippen LogP contribution in [0.25, 0.3) is 0 Å². The van der Waals surface area contributed by atoms with Crippen LogP contribution in [0.1, 0.15) is 67.8 Å². The number of hydrogen-bond acceptors (Lipinski definition) is 5. The second-order valence-electron chi connectivity index (χ2n) is 8.99. The molecule has 1 aliphatic carbocycles. The van der Waals surface area contributed by atoms with Gasteiger partial charge in [-0.05, 0) is 36.8 Å². The fourth-order valence-electron chi connectivity index (χ4n) is 5.26. The maximum absolute atomic E-state index is 13.8. The molecule has 1 spiro atoms. The second-order valence-corrected chi connectivity index (χ2v) is 8.99. The van der Waals surface area contributed by atoms with E-state index in [0.29, 0.717) is 25.1 Å². The van der Waals surface area contributed by atoms with Gasteiger partial charge in [0.2, 0.25) is 5.91 Å². The number of esters is 1. The molecule has 1 heterocycles. The third kappa shape index (κ3) is 4.47. The average Bonchev–Trinajstić information content (AvgIpc) is 3.22. The molecule has 31 heavy (non-hydrogen) atoms. The van der Waals surface area contributed by atoms with E-state index in [1.807, 2.05) is 36.9 Å². The van der Waals surface area contributed by atoms with E-state index in [-0.39, 0.29) is 17.7 Å². The van der Waals surface area contributed by atoms with E-state index >= 15 is 0 Å². The van der Waals surface area contributed by atoms with Crippen molar-refractivity contribution >= 4 is 17.8 Å². The lowest BCUT2D eigenvalue weighted by Crippen LogP contribution is -2.62. The minimum Gasteiger partial charge on any atom is -0.467 e. The smallest absolute Gasteiger partial charge is 0.328 e. The predicted molar refractivity (Wildman–Crippen MR) is 117 cm³/mol. The second kappa shape index (κ2) is 9.81. The zero-order valence-electron chi connectivity index (χ0n) is 19.0. The molecular weight excluding hydrogens is 396 g/mol. The summed E-state index contributed by atoms with van der Waals surface area (Å²) in [6.07, 6.45) is 3.90. The van der Waals surface area contributed by atoms with Crippen molar-refractivity contribution in [2.45, 2.75) is 63.5 Å². The fourth-order valence-corrected chi connectivity index (χ4v) is 5.26. The number of carbonyl (C=O) groups excluding carboxylic acids is 3. The van der Waals surface area contributed by atoms with Crippen molar-refractivity contribution in [3.05, 3.63) is 35.4 Å². The van der Waals surface area contributed by atoms with E-state index in [9.17, 15) is 14.4 Å². The monoisotopic (exact) mass is 430 g/mol. The molecule has 2 aliphatic rings. The van der Waals surface area contributed by atoms with Crippen LogP contribution in [0, 0.1) is 5.92 Å². The lowest BCUT2D eigenvalue weighted by molar-refractivity contribution is -0.146. The first-order chi connectivity index (χ1) is 14.9. The Hall–Kier alpha value is -2.41. The Labute approximate surface area is 184 Å². The maximum Gasteiger partial charge on any atom is 0.328 e. The molecule has 2 atom stereocenters. The topological polar surface area (TPSA) is 84.9 Å². The molecule has 0 aromatic heterocycles. The summed E-state index contributed by atoms with van der Waals surface area (Å²) in [5.41, 5.74) is 0.690. The van der Waals surface area contributed by atoms with Gasteiger partial charge in [-0.15, -0.1) is 0 Å². The minimum absolute atomic E-state index is 0.0506. The van der Waals surface area contributed by atoms with Gasteiger partial charge in [-0.1, -0.05) is 44.9 Å². The van der Waals surface area contributed by atoms with Crippen LogP contribution in [-0.4, -0.2) is 61.6 Å². The molecule has 170 valence electrons. The zero-order chi connectivity index (χ0) is 22.6. The van der Waals surface area contributed by atoms with Crippen LogP contribution in [0.4, 0.5) is 0 Å². The Balaban J connectivity index is 2.04. The van der Waals surface area contributed by atoms with Crippen molar-refractivity contribution < 1.29 is 23.9 Å². The quantitative estimate of drug-likeness (QED) is 0.641. The number of ether oxygens (including phenoxy) is 2. The number of amides is 2. The first kappa shape index (κ1) is 23.3. The van der Waals surface area contributed by atoms with E-state index in [0.717, 1.165) is 31.2 Å². The van der Waals surface area contributed by atoms with Crippen molar-refractivity contribution in [1.29, 1.82) is 0 Å². The van der Waals surface area contributed by atoms with E-state index in [1.54, 1.807) is 13.2 Å². The van der Waals surface area contributed by atoms with Gasteiger partial charge >= 0.3 is 5.97 Å². The number of fused-ring (bicyclic) bond motifs is 1. The van der Waals surface area contributed by atoms with Crippen molar-refractivity contribution in [3.8, 4) is 0 Å². The molecule has 1 N–H and O–H groups in total. The highest BCUT2D eigenvalue weighted by molar-refractivity contribution is 6.02. The van der Waals surface area contributed by atoms with Crippen LogP contribution in [0.15, 0.2) is 24.3 Å². The minimum atomic E-state index is -0.715. The molecule has 1 aliphatic heterocycles. The third-order valence-electron chi connectivity index (χ3n) is 6.58. The Morgan fingerprint density at radius 2 is 1.87 bits per heavy atom. The van der Waals surface area contributed by atoms with Crippen molar-refractivity contribution in [1.82, 2.24) is 10.2 Å². The number of benzene rings is 1. The molecule has 0 unspecified atom stereocenters. The van der Waals surface area contributed by atoms with Gasteiger partial charge in [0.05, 0.1) is 25.2 Å². The summed E-state index contributed by atoms with van der Waals surface area (Å²) in [5, 5.41) is 2.97. The Bertz CT molecular complexity index is 816. The molecule has 7 heteroatoms. The van der Waals surface area contributed by atoms with E-state index in [1.165, 1.54) is 7.11 Å². The Morgan fingerprint density at radius 3 is 2.48 bits per heavy atom. The summed E-state index contributed by atoms with van der Waals surface area (Å²) in [6, 6.07) is 6.63. The third-order valence-corrected chi connectivity index (χ3v) is 6.58. The Morgan fingerprint density at radius 1 is 1.19 bits per heavy atom. The summed E-state index contributed by atoms with van der Waals surface area (Å²) in [4.78, 5) is 41.4. The van der Waals surface area contributed by atoms with Crippen molar-refractivity contribution in [2.24, 2.45) is 5.92 Å². The van der Waals surface area contributed by atoms with Crippen LogP contribution in [0.3, 0.4) is 0 Å². The maximum atomic E-state index is 13.8. The summed E-state index contributed by atoms with van der Waals surface area (Å²) in [7, 11) is 2.95. The zero-order valence-corrected chi connectivity index (χ0v) is 19.0. The van der Waals surface area contributed by atoms with Gasteiger partial charge in [-0.25, -0.2) is 4.79 Å². The summed E-state index contributed by atoms with van der Waals surface area (Å²) in [6.45, 7) is 4.84. The SMILES string of the molecule is COCCN1C(=O)c2ccccc2[C@@H](C(=O)N[C@@H](CC(C)C)C(=O)OC)C12CCCC2. The largest absolute Gasteiger partial charge is 0.467 e. The molecule has 2 amide bonds. The number of hydrogen-bond donors (Lipinski definition) is 1. The lowest BCUT2D eigenvalue weighted by atomic mass is 9.71. The van der Waals surface area contributed by atoms with E-state index in [2.05, 4.69) is 5.32 Å². The molecule has 1 aromatic carbocycles. The van der Waals surface area contributed by atoms with Crippen LogP contribution in [0.2, 0.25) is 0 Å². The number of methoxy groups -OCH3 is 2.